The summed E-state index contributed by atoms with van der Waals surface area (Å²) in [4.78, 5) is 4.56. The standard InChI is InChI=1S/C23H36N4O3/c1-18-13-19(2)27(24-18)12-11-25(3)15-20-7-8-22(23(14-20)29-4)30-17-21(28)16-26-9-5-6-10-26/h7-8,13-14,21,28H,5-6,9-12,15-17H2,1-4H3/t21-/m0/s1. The van der Waals surface area contributed by atoms with Crippen LogP contribution in [-0.4, -0.2) is 77.7 Å². The number of methoxy groups -OCH3 is 1. The van der Waals surface area contributed by atoms with E-state index in [2.05, 4.69) is 45.7 Å². The van der Waals surface area contributed by atoms with Crippen molar-refractivity contribution in [3.63, 3.8) is 0 Å². The second kappa shape index (κ2) is 10.8. The maximum Gasteiger partial charge on any atom is 0.161 e. The number of likely N-dealkylation sites (tertiary alicyclic amines) is 1. The molecule has 1 atom stereocenters. The van der Waals surface area contributed by atoms with Gasteiger partial charge in [0.15, 0.2) is 11.5 Å². The van der Waals surface area contributed by atoms with Crippen molar-refractivity contribution in [2.75, 3.05) is 46.9 Å². The number of rotatable bonds is 11. The Hall–Kier alpha value is -2.09. The number of hydrogen-bond donors (Lipinski definition) is 1. The van der Waals surface area contributed by atoms with Crippen molar-refractivity contribution in [3.8, 4) is 11.5 Å². The third-order valence-corrected chi connectivity index (χ3v) is 5.58. The largest absolute Gasteiger partial charge is 0.493 e. The maximum atomic E-state index is 10.3. The van der Waals surface area contributed by atoms with Crippen molar-refractivity contribution in [2.24, 2.45) is 0 Å². The minimum atomic E-state index is -0.493. The zero-order chi connectivity index (χ0) is 21.5. The molecule has 1 N–H and O–H groups in total. The molecule has 0 saturated carbocycles. The molecule has 1 fully saturated rings. The third kappa shape index (κ3) is 6.45. The lowest BCUT2D eigenvalue weighted by Crippen LogP contribution is -2.33. The van der Waals surface area contributed by atoms with Gasteiger partial charge in [0.25, 0.3) is 0 Å². The van der Waals surface area contributed by atoms with Gasteiger partial charge in [-0.25, -0.2) is 0 Å². The van der Waals surface area contributed by atoms with Crippen molar-refractivity contribution in [2.45, 2.75) is 45.9 Å². The molecule has 3 rings (SSSR count). The topological polar surface area (TPSA) is 63.0 Å². The number of likely N-dealkylation sites (N-methyl/N-ethyl adjacent to an activating group) is 1. The van der Waals surface area contributed by atoms with Crippen LogP contribution in [0.1, 0.15) is 29.8 Å². The highest BCUT2D eigenvalue weighted by Gasteiger charge is 2.17. The Morgan fingerprint density at radius 2 is 1.93 bits per heavy atom. The lowest BCUT2D eigenvalue weighted by Gasteiger charge is -2.21. The Morgan fingerprint density at radius 1 is 1.17 bits per heavy atom. The van der Waals surface area contributed by atoms with E-state index in [0.717, 1.165) is 44.0 Å². The summed E-state index contributed by atoms with van der Waals surface area (Å²) in [5.41, 5.74) is 3.41. The number of benzene rings is 1. The number of ether oxygens (including phenoxy) is 2. The van der Waals surface area contributed by atoms with Crippen LogP contribution in [0.4, 0.5) is 0 Å². The Kier molecular flexibility index (Phi) is 8.13. The molecule has 166 valence electrons. The maximum absolute atomic E-state index is 10.3. The Bertz CT molecular complexity index is 802. The van der Waals surface area contributed by atoms with Crippen LogP contribution in [-0.2, 0) is 13.1 Å². The molecule has 1 aromatic heterocycles. The quantitative estimate of drug-likeness (QED) is 0.607. The lowest BCUT2D eigenvalue weighted by atomic mass is 10.2. The van der Waals surface area contributed by atoms with Crippen LogP contribution in [0.5, 0.6) is 11.5 Å². The fraction of sp³-hybridized carbons (Fsp3) is 0.609. The summed E-state index contributed by atoms with van der Waals surface area (Å²) in [7, 11) is 3.76. The van der Waals surface area contributed by atoms with Crippen LogP contribution in [0.2, 0.25) is 0 Å². The molecule has 1 saturated heterocycles. The lowest BCUT2D eigenvalue weighted by molar-refractivity contribution is 0.0747. The fourth-order valence-corrected chi connectivity index (χ4v) is 3.99. The van der Waals surface area contributed by atoms with Gasteiger partial charge in [0.1, 0.15) is 12.7 Å². The van der Waals surface area contributed by atoms with Gasteiger partial charge < -0.3 is 24.4 Å². The predicted molar refractivity (Wildman–Crippen MR) is 118 cm³/mol. The van der Waals surface area contributed by atoms with E-state index in [-0.39, 0.29) is 6.61 Å². The normalized spacial score (nSPS) is 15.7. The zero-order valence-electron chi connectivity index (χ0n) is 18.8. The Morgan fingerprint density at radius 3 is 2.60 bits per heavy atom. The molecule has 0 unspecified atom stereocenters. The van der Waals surface area contributed by atoms with Crippen molar-refractivity contribution in [1.29, 1.82) is 0 Å². The summed E-state index contributed by atoms with van der Waals surface area (Å²) in [5, 5.41) is 14.8. The van der Waals surface area contributed by atoms with Crippen LogP contribution < -0.4 is 9.47 Å². The number of nitrogens with zero attached hydrogens (tertiary/aromatic N) is 4. The van der Waals surface area contributed by atoms with Gasteiger partial charge in [0, 0.05) is 25.3 Å². The number of aliphatic hydroxyl groups excluding tert-OH is 1. The van der Waals surface area contributed by atoms with Crippen molar-refractivity contribution in [1.82, 2.24) is 19.6 Å². The van der Waals surface area contributed by atoms with E-state index in [1.165, 1.54) is 18.5 Å². The first-order valence-corrected chi connectivity index (χ1v) is 10.8. The molecule has 0 aliphatic carbocycles. The van der Waals surface area contributed by atoms with Gasteiger partial charge >= 0.3 is 0 Å². The molecule has 2 aromatic rings. The Labute approximate surface area is 180 Å². The van der Waals surface area contributed by atoms with Gasteiger partial charge in [0.05, 0.1) is 19.3 Å². The molecule has 1 aliphatic rings. The number of aliphatic hydroxyl groups is 1. The van der Waals surface area contributed by atoms with Crippen LogP contribution in [0, 0.1) is 13.8 Å². The molecular formula is C23H36N4O3. The highest BCUT2D eigenvalue weighted by molar-refractivity contribution is 5.43. The highest BCUT2D eigenvalue weighted by Crippen LogP contribution is 2.28. The molecule has 1 aliphatic heterocycles. The Balaban J connectivity index is 1.49. The summed E-state index contributed by atoms with van der Waals surface area (Å²) in [5.74, 6) is 1.37. The average Bonchev–Trinajstić information content (AvgIpc) is 3.34. The molecule has 7 heteroatoms. The van der Waals surface area contributed by atoms with Crippen LogP contribution in [0.25, 0.3) is 0 Å². The van der Waals surface area contributed by atoms with E-state index in [1.54, 1.807) is 7.11 Å². The van der Waals surface area contributed by atoms with Gasteiger partial charge in [-0.15, -0.1) is 0 Å². The van der Waals surface area contributed by atoms with E-state index in [0.29, 0.717) is 18.0 Å². The molecule has 1 aromatic carbocycles. The molecule has 7 nitrogen and oxygen atoms in total. The minimum absolute atomic E-state index is 0.273. The second-order valence-electron chi connectivity index (χ2n) is 8.35. The summed E-state index contributed by atoms with van der Waals surface area (Å²) in [6.45, 7) is 9.78. The first-order valence-electron chi connectivity index (χ1n) is 10.8. The predicted octanol–water partition coefficient (Wildman–Crippen LogP) is 2.48. The van der Waals surface area contributed by atoms with Gasteiger partial charge in [-0.1, -0.05) is 6.07 Å². The SMILES string of the molecule is COc1cc(CN(C)CCn2nc(C)cc2C)ccc1OC[C@@H](O)CN1CCCC1. The molecule has 30 heavy (non-hydrogen) atoms. The summed E-state index contributed by atoms with van der Waals surface area (Å²) in [6, 6.07) is 8.11. The van der Waals surface area contributed by atoms with Gasteiger partial charge in [0.2, 0.25) is 0 Å². The third-order valence-electron chi connectivity index (χ3n) is 5.58. The molecule has 2 heterocycles. The van der Waals surface area contributed by atoms with Crippen molar-refractivity contribution >= 4 is 0 Å². The average molecular weight is 417 g/mol. The summed E-state index contributed by atoms with van der Waals surface area (Å²) in [6.07, 6.45) is 1.95. The monoisotopic (exact) mass is 416 g/mol. The molecule has 0 bridgehead atoms. The second-order valence-corrected chi connectivity index (χ2v) is 8.35. The van der Waals surface area contributed by atoms with Crippen LogP contribution >= 0.6 is 0 Å². The van der Waals surface area contributed by atoms with Gasteiger partial charge in [-0.05, 0) is 70.6 Å². The van der Waals surface area contributed by atoms with E-state index < -0.39 is 6.10 Å². The van der Waals surface area contributed by atoms with Crippen LogP contribution in [0.15, 0.2) is 24.3 Å². The van der Waals surface area contributed by atoms with E-state index in [9.17, 15) is 5.11 Å². The molecule has 0 spiro atoms. The summed E-state index contributed by atoms with van der Waals surface area (Å²) < 4.78 is 13.4. The van der Waals surface area contributed by atoms with Gasteiger partial charge in [-0.3, -0.25) is 4.68 Å². The number of β-amino-alcohol motifs (C(OH)–C–C–N with tert-alkyl or cyclic N) is 1. The van der Waals surface area contributed by atoms with Crippen LogP contribution in [0.3, 0.4) is 0 Å². The zero-order valence-corrected chi connectivity index (χ0v) is 18.8. The first kappa shape index (κ1) is 22.6. The first-order chi connectivity index (χ1) is 14.4. The number of aryl methyl sites for hydroxylation is 2. The number of aromatic nitrogens is 2. The summed E-state index contributed by atoms with van der Waals surface area (Å²) >= 11 is 0. The van der Waals surface area contributed by atoms with E-state index in [1.807, 2.05) is 19.1 Å². The smallest absolute Gasteiger partial charge is 0.161 e. The van der Waals surface area contributed by atoms with Crippen molar-refractivity contribution in [3.05, 3.63) is 41.2 Å². The van der Waals surface area contributed by atoms with E-state index in [4.69, 9.17) is 9.47 Å². The fourth-order valence-electron chi connectivity index (χ4n) is 3.99. The van der Waals surface area contributed by atoms with Gasteiger partial charge in [-0.2, -0.15) is 5.10 Å². The minimum Gasteiger partial charge on any atom is -0.493 e. The van der Waals surface area contributed by atoms with Crippen molar-refractivity contribution < 1.29 is 14.6 Å². The number of hydrogen-bond acceptors (Lipinski definition) is 6. The van der Waals surface area contributed by atoms with E-state index >= 15 is 0 Å². The molecule has 0 radical (unpaired) electrons. The molecular weight excluding hydrogens is 380 g/mol. The highest BCUT2D eigenvalue weighted by atomic mass is 16.5. The molecule has 0 amide bonds.